The first-order valence-corrected chi connectivity index (χ1v) is 6.77. The van der Waals surface area contributed by atoms with Crippen LogP contribution >= 0.6 is 0 Å². The quantitative estimate of drug-likeness (QED) is 0.398. The number of carbonyl (C=O) groups excluding carboxylic acids is 2. The van der Waals surface area contributed by atoms with E-state index in [-0.39, 0.29) is 11.8 Å². The molecule has 0 aliphatic carbocycles. The average Bonchev–Trinajstić information content (AvgIpc) is 2.42. The van der Waals surface area contributed by atoms with Gasteiger partial charge in [-0.25, -0.2) is 9.59 Å². The first kappa shape index (κ1) is 18.6. The molecule has 0 saturated heterocycles. The summed E-state index contributed by atoms with van der Waals surface area (Å²) in [4.78, 5) is 22.6. The summed E-state index contributed by atoms with van der Waals surface area (Å²) in [6.45, 7) is 7.17. The van der Waals surface area contributed by atoms with Gasteiger partial charge in [0.25, 0.3) is 0 Å². The van der Waals surface area contributed by atoms with E-state index in [1.165, 1.54) is 0 Å². The highest BCUT2D eigenvalue weighted by atomic mass is 16.6. The van der Waals surface area contributed by atoms with Crippen LogP contribution < -0.4 is 0 Å². The normalized spacial score (nSPS) is 17.3. The van der Waals surface area contributed by atoms with Crippen molar-refractivity contribution in [3.05, 3.63) is 12.2 Å². The van der Waals surface area contributed by atoms with Crippen LogP contribution in [0.25, 0.3) is 0 Å². The molecule has 0 spiro atoms. The smallest absolute Gasteiger partial charge is 0.333 e. The maximum atomic E-state index is 11.3. The second-order valence-corrected chi connectivity index (χ2v) is 4.76. The maximum Gasteiger partial charge on any atom is 0.333 e. The number of esters is 2. The third-order valence-corrected chi connectivity index (χ3v) is 3.09. The SMILES string of the molecule is CCC(C)C(O)OC(=O)C=CC(=O)OC(O)C(C)CC. The van der Waals surface area contributed by atoms with E-state index in [4.69, 9.17) is 0 Å². The molecule has 0 radical (unpaired) electrons. The fraction of sp³-hybridized carbons (Fsp3) is 0.714. The van der Waals surface area contributed by atoms with Gasteiger partial charge in [0.05, 0.1) is 0 Å². The van der Waals surface area contributed by atoms with Crippen molar-refractivity contribution in [2.75, 3.05) is 0 Å². The molecule has 0 heterocycles. The van der Waals surface area contributed by atoms with Crippen molar-refractivity contribution in [3.8, 4) is 0 Å². The highest BCUT2D eigenvalue weighted by Crippen LogP contribution is 2.10. The van der Waals surface area contributed by atoms with Gasteiger partial charge in [-0.05, 0) is 12.8 Å². The Labute approximate surface area is 119 Å². The van der Waals surface area contributed by atoms with Gasteiger partial charge in [-0.3, -0.25) is 0 Å². The Hall–Kier alpha value is -1.40. The van der Waals surface area contributed by atoms with E-state index in [2.05, 4.69) is 9.47 Å². The van der Waals surface area contributed by atoms with Crippen LogP contribution in [0.4, 0.5) is 0 Å². The van der Waals surface area contributed by atoms with Crippen LogP contribution in [0.1, 0.15) is 40.5 Å². The van der Waals surface area contributed by atoms with E-state index in [1.807, 2.05) is 13.8 Å². The summed E-state index contributed by atoms with van der Waals surface area (Å²) >= 11 is 0. The highest BCUT2D eigenvalue weighted by Gasteiger charge is 2.17. The molecule has 0 aromatic carbocycles. The Bertz CT molecular complexity index is 307. The van der Waals surface area contributed by atoms with Gasteiger partial charge in [-0.2, -0.15) is 0 Å². The number of carbonyl (C=O) groups is 2. The fourth-order valence-electron chi connectivity index (χ4n) is 1.09. The summed E-state index contributed by atoms with van der Waals surface area (Å²) in [5, 5.41) is 18.9. The first-order valence-electron chi connectivity index (χ1n) is 6.77. The van der Waals surface area contributed by atoms with Gasteiger partial charge < -0.3 is 19.7 Å². The second-order valence-electron chi connectivity index (χ2n) is 4.76. The van der Waals surface area contributed by atoms with Crippen molar-refractivity contribution in [2.24, 2.45) is 11.8 Å². The van der Waals surface area contributed by atoms with E-state index < -0.39 is 24.5 Å². The van der Waals surface area contributed by atoms with Crippen LogP contribution in [-0.2, 0) is 19.1 Å². The molecular formula is C14H24O6. The van der Waals surface area contributed by atoms with Crippen molar-refractivity contribution in [1.82, 2.24) is 0 Å². The summed E-state index contributed by atoms with van der Waals surface area (Å²) in [5.74, 6) is -2.06. The molecule has 116 valence electrons. The molecule has 0 aromatic heterocycles. The van der Waals surface area contributed by atoms with E-state index in [0.29, 0.717) is 12.8 Å². The summed E-state index contributed by atoms with van der Waals surface area (Å²) in [5.41, 5.74) is 0. The number of aliphatic hydroxyl groups is 2. The fourth-order valence-corrected chi connectivity index (χ4v) is 1.09. The van der Waals surface area contributed by atoms with Crippen molar-refractivity contribution in [1.29, 1.82) is 0 Å². The average molecular weight is 288 g/mol. The number of ether oxygens (including phenoxy) is 2. The van der Waals surface area contributed by atoms with E-state index >= 15 is 0 Å². The van der Waals surface area contributed by atoms with Crippen LogP contribution in [0.2, 0.25) is 0 Å². The van der Waals surface area contributed by atoms with E-state index in [1.54, 1.807) is 13.8 Å². The molecule has 0 fully saturated rings. The Balaban J connectivity index is 4.22. The van der Waals surface area contributed by atoms with Crippen molar-refractivity contribution < 1.29 is 29.3 Å². The lowest BCUT2D eigenvalue weighted by Crippen LogP contribution is -2.24. The molecule has 6 nitrogen and oxygen atoms in total. The zero-order valence-electron chi connectivity index (χ0n) is 12.4. The Morgan fingerprint density at radius 3 is 1.45 bits per heavy atom. The number of rotatable bonds is 8. The van der Waals surface area contributed by atoms with Crippen LogP contribution in [-0.4, -0.2) is 34.7 Å². The van der Waals surface area contributed by atoms with Crippen molar-refractivity contribution in [2.45, 2.75) is 53.1 Å². The molecule has 4 unspecified atom stereocenters. The van der Waals surface area contributed by atoms with Gasteiger partial charge >= 0.3 is 11.9 Å². The van der Waals surface area contributed by atoms with Crippen LogP contribution in [0.15, 0.2) is 12.2 Å². The largest absolute Gasteiger partial charge is 0.433 e. The number of hydrogen-bond acceptors (Lipinski definition) is 6. The Morgan fingerprint density at radius 2 is 1.20 bits per heavy atom. The number of aliphatic hydroxyl groups excluding tert-OH is 2. The predicted molar refractivity (Wildman–Crippen MR) is 72.2 cm³/mol. The Kier molecular flexibility index (Phi) is 8.83. The molecule has 0 saturated carbocycles. The minimum absolute atomic E-state index is 0.188. The molecule has 0 aromatic rings. The molecule has 0 aliphatic heterocycles. The first-order chi connectivity index (χ1) is 9.31. The molecule has 2 N–H and O–H groups in total. The van der Waals surface area contributed by atoms with Crippen LogP contribution in [0.5, 0.6) is 0 Å². The molecular weight excluding hydrogens is 264 g/mol. The minimum Gasteiger partial charge on any atom is -0.433 e. The third kappa shape index (κ3) is 7.25. The second kappa shape index (κ2) is 9.50. The zero-order chi connectivity index (χ0) is 15.7. The Morgan fingerprint density at radius 1 is 0.900 bits per heavy atom. The molecule has 6 heteroatoms. The summed E-state index contributed by atoms with van der Waals surface area (Å²) in [6.07, 6.45) is 0.606. The third-order valence-electron chi connectivity index (χ3n) is 3.09. The predicted octanol–water partition coefficient (Wildman–Crippen LogP) is 1.36. The lowest BCUT2D eigenvalue weighted by molar-refractivity contribution is -0.173. The minimum atomic E-state index is -1.21. The molecule has 0 amide bonds. The van der Waals surface area contributed by atoms with Crippen molar-refractivity contribution >= 4 is 11.9 Å². The van der Waals surface area contributed by atoms with Crippen LogP contribution in [0.3, 0.4) is 0 Å². The van der Waals surface area contributed by atoms with Gasteiger partial charge in [0.1, 0.15) is 0 Å². The lowest BCUT2D eigenvalue weighted by Gasteiger charge is -2.17. The monoisotopic (exact) mass is 288 g/mol. The van der Waals surface area contributed by atoms with E-state index in [0.717, 1.165) is 12.2 Å². The summed E-state index contributed by atoms with van der Waals surface area (Å²) in [7, 11) is 0. The topological polar surface area (TPSA) is 93.1 Å². The van der Waals surface area contributed by atoms with Gasteiger partial charge in [0.15, 0.2) is 0 Å². The van der Waals surface area contributed by atoms with Gasteiger partial charge in [-0.1, -0.05) is 27.7 Å². The highest BCUT2D eigenvalue weighted by molar-refractivity contribution is 5.91. The molecule has 0 rings (SSSR count). The maximum absolute atomic E-state index is 11.3. The van der Waals surface area contributed by atoms with Gasteiger partial charge in [-0.15, -0.1) is 0 Å². The lowest BCUT2D eigenvalue weighted by atomic mass is 10.1. The molecule has 0 aliphatic rings. The standard InChI is InChI=1S/C14H24O6/c1-5-9(3)13(17)19-11(15)7-8-12(16)20-14(18)10(4)6-2/h7-10,13-14,17-18H,5-6H2,1-4H3. The van der Waals surface area contributed by atoms with Crippen LogP contribution in [0, 0.1) is 11.8 Å². The number of hydrogen-bond donors (Lipinski definition) is 2. The zero-order valence-corrected chi connectivity index (χ0v) is 12.4. The molecule has 4 atom stereocenters. The molecule has 20 heavy (non-hydrogen) atoms. The summed E-state index contributed by atoms with van der Waals surface area (Å²) < 4.78 is 9.37. The van der Waals surface area contributed by atoms with Gasteiger partial charge in [0.2, 0.25) is 12.6 Å². The summed E-state index contributed by atoms with van der Waals surface area (Å²) in [6, 6.07) is 0. The van der Waals surface area contributed by atoms with Crippen molar-refractivity contribution in [3.63, 3.8) is 0 Å². The molecule has 0 bridgehead atoms. The van der Waals surface area contributed by atoms with E-state index in [9.17, 15) is 19.8 Å². The van der Waals surface area contributed by atoms with Gasteiger partial charge in [0, 0.05) is 24.0 Å².